The molecule has 0 radical (unpaired) electrons. The summed E-state index contributed by atoms with van der Waals surface area (Å²) in [5.74, 6) is 0.126. The zero-order chi connectivity index (χ0) is 19.4. The van der Waals surface area contributed by atoms with Crippen molar-refractivity contribution >= 4 is 20.2 Å². The number of hydrogen-bond acceptors (Lipinski definition) is 5. The fraction of sp³-hybridized carbons (Fsp3) is 0.111. The Kier molecular flexibility index (Phi) is 6.01. The molecule has 0 heterocycles. The Labute approximate surface area is 153 Å². The summed E-state index contributed by atoms with van der Waals surface area (Å²) in [4.78, 5) is -0.916. The van der Waals surface area contributed by atoms with Crippen molar-refractivity contribution in [2.45, 2.75) is 22.6 Å². The molecule has 0 fully saturated rings. The molecule has 0 aromatic heterocycles. The molecule has 0 spiro atoms. The summed E-state index contributed by atoms with van der Waals surface area (Å²) in [6, 6.07) is 9.32. The van der Waals surface area contributed by atoms with E-state index in [1.165, 1.54) is 18.2 Å². The van der Waals surface area contributed by atoms with Gasteiger partial charge in [0.15, 0.2) is 0 Å². The van der Waals surface area contributed by atoms with E-state index in [9.17, 15) is 16.8 Å². The highest BCUT2D eigenvalue weighted by Gasteiger charge is 2.22. The van der Waals surface area contributed by atoms with Crippen molar-refractivity contribution in [2.24, 2.45) is 0 Å². The van der Waals surface area contributed by atoms with Crippen LogP contribution in [0.1, 0.15) is 11.1 Å². The lowest BCUT2D eigenvalue weighted by Crippen LogP contribution is -2.12. The van der Waals surface area contributed by atoms with E-state index in [-0.39, 0.29) is 10.6 Å². The summed E-state index contributed by atoms with van der Waals surface area (Å²) in [6.07, 6.45) is 4.23. The Bertz CT molecular complexity index is 1040. The van der Waals surface area contributed by atoms with Crippen LogP contribution in [0.3, 0.4) is 0 Å². The van der Waals surface area contributed by atoms with Crippen molar-refractivity contribution in [3.05, 3.63) is 78.9 Å². The molecule has 138 valence electrons. The maximum absolute atomic E-state index is 12.6. The molecule has 2 rings (SSSR count). The van der Waals surface area contributed by atoms with Crippen LogP contribution in [0.25, 0.3) is 0 Å². The van der Waals surface area contributed by atoms with Gasteiger partial charge in [-0.05, 0) is 42.7 Å². The number of benzene rings is 2. The number of hydrogen-bond donors (Lipinski definition) is 1. The third-order valence-electron chi connectivity index (χ3n) is 3.53. The molecule has 0 aliphatic carbocycles. The lowest BCUT2D eigenvalue weighted by molar-refractivity contribution is 0.481. The largest absolute Gasteiger partial charge is 0.379 e. The second kappa shape index (κ2) is 7.86. The monoisotopic (exact) mass is 394 g/mol. The normalized spacial score (nSPS) is 11.7. The van der Waals surface area contributed by atoms with Crippen molar-refractivity contribution in [1.29, 1.82) is 0 Å². The first-order valence-electron chi connectivity index (χ1n) is 7.53. The number of rotatable bonds is 8. The highest BCUT2D eigenvalue weighted by molar-refractivity contribution is 7.87. The lowest BCUT2D eigenvalue weighted by atomic mass is 10.0. The van der Waals surface area contributed by atoms with Gasteiger partial charge in [-0.15, -0.1) is 13.2 Å². The predicted octanol–water partition coefficient (Wildman–Crippen LogP) is 3.16. The summed E-state index contributed by atoms with van der Waals surface area (Å²) in [7, 11) is -8.84. The van der Waals surface area contributed by atoms with E-state index in [1.54, 1.807) is 18.2 Å². The van der Waals surface area contributed by atoms with Crippen LogP contribution in [-0.2, 0) is 33.1 Å². The molecule has 2 aromatic rings. The lowest BCUT2D eigenvalue weighted by Gasteiger charge is -2.14. The van der Waals surface area contributed by atoms with E-state index in [1.807, 2.05) is 6.07 Å². The average Bonchev–Trinajstić information content (AvgIpc) is 2.57. The van der Waals surface area contributed by atoms with Gasteiger partial charge in [-0.25, -0.2) is 0 Å². The second-order valence-electron chi connectivity index (χ2n) is 5.37. The summed E-state index contributed by atoms with van der Waals surface area (Å²) >= 11 is 0. The van der Waals surface area contributed by atoms with E-state index < -0.39 is 25.1 Å². The maximum Gasteiger partial charge on any atom is 0.339 e. The molecular weight excluding hydrogens is 376 g/mol. The summed E-state index contributed by atoms with van der Waals surface area (Å²) in [5.41, 5.74) is 1.50. The van der Waals surface area contributed by atoms with Crippen LogP contribution in [0.2, 0.25) is 0 Å². The van der Waals surface area contributed by atoms with Crippen molar-refractivity contribution in [2.75, 3.05) is 0 Å². The fourth-order valence-corrected chi connectivity index (χ4v) is 3.97. The molecule has 0 saturated carbocycles. The first-order valence-corrected chi connectivity index (χ1v) is 10.4. The maximum atomic E-state index is 12.6. The minimum atomic E-state index is -4.53. The molecule has 0 aliphatic heterocycles. The molecule has 8 heteroatoms. The molecular formula is C18H18O6S2. The molecule has 0 atom stereocenters. The number of allylic oxidation sites excluding steroid dienone is 2. The molecule has 6 nitrogen and oxygen atoms in total. The van der Waals surface area contributed by atoms with Crippen LogP contribution in [0.15, 0.2) is 77.6 Å². The Hall–Kier alpha value is -2.42. The van der Waals surface area contributed by atoms with Crippen molar-refractivity contribution in [3.8, 4) is 5.75 Å². The van der Waals surface area contributed by atoms with E-state index in [0.717, 1.165) is 17.7 Å². The second-order valence-corrected chi connectivity index (χ2v) is 8.33. The Morgan fingerprint density at radius 2 is 1.54 bits per heavy atom. The molecule has 0 amide bonds. The minimum Gasteiger partial charge on any atom is -0.379 e. The first-order chi connectivity index (χ1) is 12.2. The Morgan fingerprint density at radius 1 is 0.923 bits per heavy atom. The molecule has 26 heavy (non-hydrogen) atoms. The van der Waals surface area contributed by atoms with Gasteiger partial charge in [-0.1, -0.05) is 30.4 Å². The van der Waals surface area contributed by atoms with Crippen molar-refractivity contribution in [3.63, 3.8) is 0 Å². The van der Waals surface area contributed by atoms with Gasteiger partial charge in [0, 0.05) is 5.56 Å². The SMILES string of the molecule is C=CCc1cccc(OS(=O)(=O)c2cccc(S(=O)(=O)O)c2)c1CC=C. The van der Waals surface area contributed by atoms with Gasteiger partial charge in [0.2, 0.25) is 0 Å². The highest BCUT2D eigenvalue weighted by atomic mass is 32.2. The van der Waals surface area contributed by atoms with Gasteiger partial charge < -0.3 is 4.18 Å². The zero-order valence-corrected chi connectivity index (χ0v) is 15.5. The zero-order valence-electron chi connectivity index (χ0n) is 13.8. The summed E-state index contributed by atoms with van der Waals surface area (Å²) < 4.78 is 61.9. The van der Waals surface area contributed by atoms with Gasteiger partial charge >= 0.3 is 10.1 Å². The molecule has 0 bridgehead atoms. The predicted molar refractivity (Wildman–Crippen MR) is 98.3 cm³/mol. The van der Waals surface area contributed by atoms with Crippen LogP contribution in [0.4, 0.5) is 0 Å². The summed E-state index contributed by atoms with van der Waals surface area (Å²) in [6.45, 7) is 7.34. The minimum absolute atomic E-state index is 0.126. The van der Waals surface area contributed by atoms with Crippen LogP contribution in [-0.4, -0.2) is 21.4 Å². The Morgan fingerprint density at radius 3 is 2.15 bits per heavy atom. The molecule has 0 aliphatic rings. The third kappa shape index (κ3) is 4.60. The quantitative estimate of drug-likeness (QED) is 0.420. The third-order valence-corrected chi connectivity index (χ3v) is 5.61. The van der Waals surface area contributed by atoms with Crippen molar-refractivity contribution < 1.29 is 25.6 Å². The van der Waals surface area contributed by atoms with Gasteiger partial charge in [-0.3, -0.25) is 4.55 Å². The molecule has 0 saturated heterocycles. The van der Waals surface area contributed by atoms with E-state index in [2.05, 4.69) is 13.2 Å². The molecule has 2 aromatic carbocycles. The Balaban J connectivity index is 2.49. The van der Waals surface area contributed by atoms with E-state index >= 15 is 0 Å². The smallest absolute Gasteiger partial charge is 0.339 e. The van der Waals surface area contributed by atoms with E-state index in [4.69, 9.17) is 8.74 Å². The topological polar surface area (TPSA) is 97.7 Å². The summed E-state index contributed by atoms with van der Waals surface area (Å²) in [5, 5.41) is 0. The van der Waals surface area contributed by atoms with Gasteiger partial charge in [-0.2, -0.15) is 16.8 Å². The fourth-order valence-electron chi connectivity index (χ4n) is 2.37. The standard InChI is InChI=1S/C18H18O6S2/c1-3-7-14-9-5-12-18(17(14)8-4-2)24-26(22,23)16-11-6-10-15(13-16)25(19,20)21/h3-6,9-13H,1-2,7-8H2,(H,19,20,21). The van der Waals surface area contributed by atoms with E-state index in [0.29, 0.717) is 18.4 Å². The first kappa shape index (κ1) is 19.9. The van der Waals surface area contributed by atoms with Gasteiger partial charge in [0.05, 0.1) is 4.90 Å². The van der Waals surface area contributed by atoms with Crippen LogP contribution in [0, 0.1) is 0 Å². The van der Waals surface area contributed by atoms with Crippen LogP contribution < -0.4 is 4.18 Å². The average molecular weight is 394 g/mol. The van der Waals surface area contributed by atoms with Crippen LogP contribution >= 0.6 is 0 Å². The van der Waals surface area contributed by atoms with Crippen LogP contribution in [0.5, 0.6) is 5.75 Å². The van der Waals surface area contributed by atoms with Gasteiger partial charge in [0.1, 0.15) is 10.6 Å². The van der Waals surface area contributed by atoms with Gasteiger partial charge in [0.25, 0.3) is 10.1 Å². The van der Waals surface area contributed by atoms with Crippen molar-refractivity contribution in [1.82, 2.24) is 0 Å². The molecule has 1 N–H and O–H groups in total. The molecule has 0 unspecified atom stereocenters. The highest BCUT2D eigenvalue weighted by Crippen LogP contribution is 2.28.